The molecule has 1 saturated heterocycles. The Labute approximate surface area is 226 Å². The van der Waals surface area contributed by atoms with Gasteiger partial charge in [0.1, 0.15) is 5.82 Å². The van der Waals surface area contributed by atoms with E-state index in [1.807, 2.05) is 37.3 Å². The number of nitrogens with zero attached hydrogens (tertiary/aromatic N) is 3. The second kappa shape index (κ2) is 12.3. The van der Waals surface area contributed by atoms with Gasteiger partial charge in [0.2, 0.25) is 0 Å². The van der Waals surface area contributed by atoms with Gasteiger partial charge in [0.15, 0.2) is 0 Å². The maximum absolute atomic E-state index is 12.6. The van der Waals surface area contributed by atoms with Crippen LogP contribution in [0.3, 0.4) is 0 Å². The van der Waals surface area contributed by atoms with Gasteiger partial charge in [-0.05, 0) is 86.5 Å². The summed E-state index contributed by atoms with van der Waals surface area (Å²) in [5.41, 5.74) is 6.13. The predicted octanol–water partition coefficient (Wildman–Crippen LogP) is 5.45. The highest BCUT2D eigenvalue weighted by molar-refractivity contribution is 6.05. The molecule has 2 aromatic rings. The first-order valence-corrected chi connectivity index (χ1v) is 14.2. The van der Waals surface area contributed by atoms with Gasteiger partial charge in [-0.2, -0.15) is 5.10 Å². The monoisotopic (exact) mass is 518 g/mol. The number of aryl methyl sites for hydroxylation is 1. The summed E-state index contributed by atoms with van der Waals surface area (Å²) in [7, 11) is 0. The van der Waals surface area contributed by atoms with Crippen LogP contribution >= 0.6 is 0 Å². The molecular weight excluding hydrogens is 476 g/mol. The van der Waals surface area contributed by atoms with Crippen molar-refractivity contribution < 1.29 is 9.53 Å². The smallest absolute Gasteiger partial charge is 0.348 e. The van der Waals surface area contributed by atoms with Crippen molar-refractivity contribution in [3.8, 4) is 0 Å². The van der Waals surface area contributed by atoms with Gasteiger partial charge in [0, 0.05) is 37.9 Å². The summed E-state index contributed by atoms with van der Waals surface area (Å²) in [6.07, 6.45) is 10.2. The van der Waals surface area contributed by atoms with Crippen LogP contribution in [0.1, 0.15) is 57.1 Å². The second-order valence-electron chi connectivity index (χ2n) is 11.5. The lowest BCUT2D eigenvalue weighted by Gasteiger charge is -2.23. The standard InChI is InChI=1S/C21H26N6O2.C9H16/c1-15-2-3-16-13-25-26-21(28)27(19(16)12-15)20-5-4-18(14-24-20)23-9-8-22-17-6-10-29-11-7-17;1-6(2)7-3-8-5-9(8)4-7/h2-5,12-14,17,22-23H,6-11H2,1H3,(H,26,28);6-9H,3-5H2,1-2H3. The fourth-order valence-corrected chi connectivity index (χ4v) is 5.81. The minimum atomic E-state index is -0.334. The zero-order valence-electron chi connectivity index (χ0n) is 23.0. The maximum Gasteiger partial charge on any atom is 0.348 e. The van der Waals surface area contributed by atoms with Crippen LogP contribution in [0.4, 0.5) is 22.0 Å². The third kappa shape index (κ3) is 6.72. The minimum absolute atomic E-state index is 0.334. The van der Waals surface area contributed by atoms with Gasteiger partial charge >= 0.3 is 6.03 Å². The van der Waals surface area contributed by atoms with Crippen LogP contribution in [-0.2, 0) is 4.74 Å². The largest absolute Gasteiger partial charge is 0.383 e. The summed E-state index contributed by atoms with van der Waals surface area (Å²) in [4.78, 5) is 18.6. The van der Waals surface area contributed by atoms with E-state index < -0.39 is 0 Å². The number of amides is 2. The van der Waals surface area contributed by atoms with Crippen molar-refractivity contribution in [1.82, 2.24) is 15.7 Å². The Balaban J connectivity index is 0.000000273. The molecule has 2 aliphatic carbocycles. The Hall–Kier alpha value is -2.97. The molecule has 4 aliphatic rings. The van der Waals surface area contributed by atoms with E-state index in [0.717, 1.165) is 73.5 Å². The molecule has 3 fully saturated rings. The summed E-state index contributed by atoms with van der Waals surface area (Å²) >= 11 is 0. The number of rotatable bonds is 7. The Morgan fingerprint density at radius 3 is 2.55 bits per heavy atom. The lowest BCUT2D eigenvalue weighted by atomic mass is 9.91. The fraction of sp³-hybridized carbons (Fsp3) is 0.567. The van der Waals surface area contributed by atoms with Gasteiger partial charge in [-0.1, -0.05) is 26.0 Å². The first kappa shape index (κ1) is 26.6. The molecule has 8 nitrogen and oxygen atoms in total. The number of carbonyl (C=O) groups is 1. The molecule has 0 radical (unpaired) electrons. The van der Waals surface area contributed by atoms with E-state index in [1.54, 1.807) is 36.6 Å². The molecule has 2 unspecified atom stereocenters. The lowest BCUT2D eigenvalue weighted by molar-refractivity contribution is 0.0784. The van der Waals surface area contributed by atoms with Gasteiger partial charge in [0.05, 0.1) is 23.8 Å². The number of anilines is 3. The Kier molecular flexibility index (Phi) is 8.59. The first-order chi connectivity index (χ1) is 18.5. The van der Waals surface area contributed by atoms with E-state index in [9.17, 15) is 4.79 Å². The van der Waals surface area contributed by atoms with E-state index in [2.05, 4.69) is 40.0 Å². The minimum Gasteiger partial charge on any atom is -0.383 e. The van der Waals surface area contributed by atoms with Gasteiger partial charge in [-0.25, -0.2) is 20.1 Å². The molecule has 0 spiro atoms. The molecule has 3 N–H and O–H groups in total. The van der Waals surface area contributed by atoms with E-state index in [1.165, 1.54) is 11.8 Å². The van der Waals surface area contributed by atoms with Gasteiger partial charge in [0.25, 0.3) is 0 Å². The van der Waals surface area contributed by atoms with E-state index >= 15 is 0 Å². The number of urea groups is 1. The number of benzene rings is 1. The number of ether oxygens (including phenoxy) is 1. The van der Waals surface area contributed by atoms with Gasteiger partial charge < -0.3 is 15.4 Å². The molecular formula is C30H42N6O2. The predicted molar refractivity (Wildman–Crippen MR) is 153 cm³/mol. The van der Waals surface area contributed by atoms with E-state index in [4.69, 9.17) is 4.74 Å². The number of nitrogens with one attached hydrogen (secondary N) is 3. The van der Waals surface area contributed by atoms with Crippen LogP contribution in [0.5, 0.6) is 0 Å². The third-order valence-electron chi connectivity index (χ3n) is 8.30. The van der Waals surface area contributed by atoms with Crippen molar-refractivity contribution in [3.63, 3.8) is 0 Å². The van der Waals surface area contributed by atoms with Gasteiger partial charge in [-0.15, -0.1) is 0 Å². The van der Waals surface area contributed by atoms with Crippen molar-refractivity contribution in [2.24, 2.45) is 28.8 Å². The van der Waals surface area contributed by atoms with Crippen molar-refractivity contribution in [3.05, 3.63) is 47.7 Å². The molecule has 38 heavy (non-hydrogen) atoms. The lowest BCUT2D eigenvalue weighted by Crippen LogP contribution is -2.37. The van der Waals surface area contributed by atoms with Crippen LogP contribution in [-0.4, -0.2) is 49.6 Å². The van der Waals surface area contributed by atoms with Crippen molar-refractivity contribution in [2.45, 2.75) is 58.9 Å². The molecule has 1 aromatic carbocycles. The first-order valence-electron chi connectivity index (χ1n) is 14.2. The van der Waals surface area contributed by atoms with Crippen molar-refractivity contribution >= 4 is 29.4 Å². The molecule has 2 amide bonds. The van der Waals surface area contributed by atoms with E-state index in [0.29, 0.717) is 11.9 Å². The molecule has 2 atom stereocenters. The number of aromatic nitrogens is 1. The summed E-state index contributed by atoms with van der Waals surface area (Å²) in [5, 5.41) is 10.9. The highest BCUT2D eigenvalue weighted by Gasteiger charge is 2.46. The summed E-state index contributed by atoms with van der Waals surface area (Å²) in [6.45, 7) is 10.1. The topological polar surface area (TPSA) is 90.9 Å². The molecule has 1 aromatic heterocycles. The van der Waals surface area contributed by atoms with Crippen LogP contribution in [0.25, 0.3) is 0 Å². The third-order valence-corrected chi connectivity index (χ3v) is 8.30. The number of pyridine rings is 1. The normalized spacial score (nSPS) is 24.2. The maximum atomic E-state index is 12.6. The zero-order valence-corrected chi connectivity index (χ0v) is 23.0. The van der Waals surface area contributed by atoms with Crippen molar-refractivity contribution in [2.75, 3.05) is 36.5 Å². The van der Waals surface area contributed by atoms with E-state index in [-0.39, 0.29) is 6.03 Å². The number of hydrogen-bond acceptors (Lipinski definition) is 6. The molecule has 6 rings (SSSR count). The van der Waals surface area contributed by atoms with Crippen molar-refractivity contribution in [1.29, 1.82) is 0 Å². The Bertz CT molecular complexity index is 1100. The SMILES string of the molecule is CC(C)C1CC2CC2C1.Cc1ccc2c(c1)N(c1ccc(NCCNC3CCOCC3)cn1)C(=O)NN=C2. The van der Waals surface area contributed by atoms with Crippen LogP contribution in [0, 0.1) is 30.6 Å². The number of carbonyl (C=O) groups excluding carboxylic acids is 1. The fourth-order valence-electron chi connectivity index (χ4n) is 5.81. The molecule has 0 bridgehead atoms. The number of hydrogen-bond donors (Lipinski definition) is 3. The number of fused-ring (bicyclic) bond motifs is 2. The molecule has 204 valence electrons. The zero-order chi connectivity index (χ0) is 26.5. The highest BCUT2D eigenvalue weighted by Crippen LogP contribution is 2.55. The summed E-state index contributed by atoms with van der Waals surface area (Å²) in [6, 6.07) is 9.88. The molecule has 8 heteroatoms. The summed E-state index contributed by atoms with van der Waals surface area (Å²) in [5.74, 6) is 4.95. The number of hydrazone groups is 1. The van der Waals surface area contributed by atoms with Gasteiger partial charge in [-0.3, -0.25) is 0 Å². The average Bonchev–Trinajstić information content (AvgIpc) is 3.58. The second-order valence-corrected chi connectivity index (χ2v) is 11.5. The highest BCUT2D eigenvalue weighted by atomic mass is 16.5. The quantitative estimate of drug-likeness (QED) is 0.424. The van der Waals surface area contributed by atoms with Crippen LogP contribution in [0.2, 0.25) is 0 Å². The van der Waals surface area contributed by atoms with Crippen LogP contribution < -0.4 is 21.0 Å². The molecule has 2 saturated carbocycles. The van der Waals surface area contributed by atoms with Crippen LogP contribution in [0.15, 0.2) is 41.6 Å². The summed E-state index contributed by atoms with van der Waals surface area (Å²) < 4.78 is 5.38. The Morgan fingerprint density at radius 2 is 1.87 bits per heavy atom. The Morgan fingerprint density at radius 1 is 1.08 bits per heavy atom. The molecule has 3 heterocycles. The molecule has 2 aliphatic heterocycles. The average molecular weight is 519 g/mol.